The second kappa shape index (κ2) is 6.43. The lowest BCUT2D eigenvalue weighted by atomic mass is 10.1. The number of hydrogen-bond donors (Lipinski definition) is 1. The molecule has 0 spiro atoms. The van der Waals surface area contributed by atoms with Gasteiger partial charge in [0.2, 0.25) is 11.7 Å². The number of fused-ring (bicyclic) bond motifs is 1. The van der Waals surface area contributed by atoms with E-state index in [1.807, 2.05) is 0 Å². The van der Waals surface area contributed by atoms with E-state index in [1.165, 1.54) is 43.0 Å². The number of nitrogens with zero attached hydrogens (tertiary/aromatic N) is 3. The standard InChI is InChI=1S/C16H18F2N4O4/c1-9(23)19-7-11-8-22(15(24)26-11)10-4-5-13-12(6-10)16(17,18)14(20-25-3)21(13)2/h4-6,11H,7-8H2,1-3H3,(H,19,23)/b20-14+/t11-/m1/s1. The zero-order valence-electron chi connectivity index (χ0n) is 14.5. The number of alkyl halides is 2. The fraction of sp³-hybridized carbons (Fsp3) is 0.438. The number of likely N-dealkylation sites (N-methyl/N-ethyl adjacent to an activating group) is 1. The molecule has 0 unspecified atom stereocenters. The molecule has 0 aliphatic carbocycles. The van der Waals surface area contributed by atoms with Crippen molar-refractivity contribution in [1.29, 1.82) is 0 Å². The van der Waals surface area contributed by atoms with Crippen LogP contribution in [0.25, 0.3) is 0 Å². The number of anilines is 2. The Morgan fingerprint density at radius 3 is 2.88 bits per heavy atom. The van der Waals surface area contributed by atoms with Crippen LogP contribution in [0, 0.1) is 0 Å². The number of amidine groups is 1. The van der Waals surface area contributed by atoms with E-state index in [0.29, 0.717) is 0 Å². The van der Waals surface area contributed by atoms with Crippen LogP contribution in [0.4, 0.5) is 25.0 Å². The third kappa shape index (κ3) is 2.91. The summed E-state index contributed by atoms with van der Waals surface area (Å²) in [7, 11) is 2.66. The van der Waals surface area contributed by atoms with Crippen molar-refractivity contribution in [3.63, 3.8) is 0 Å². The Balaban J connectivity index is 1.87. The molecule has 2 aliphatic heterocycles. The normalized spacial score (nSPS) is 22.4. The molecule has 0 radical (unpaired) electrons. The zero-order valence-corrected chi connectivity index (χ0v) is 14.5. The van der Waals surface area contributed by atoms with Gasteiger partial charge in [0.1, 0.15) is 13.2 Å². The van der Waals surface area contributed by atoms with E-state index >= 15 is 0 Å². The Hall–Kier alpha value is -2.91. The van der Waals surface area contributed by atoms with Gasteiger partial charge in [-0.2, -0.15) is 8.78 Å². The first kappa shape index (κ1) is 17.9. The second-order valence-corrected chi connectivity index (χ2v) is 5.99. The average Bonchev–Trinajstić information content (AvgIpc) is 3.04. The van der Waals surface area contributed by atoms with Gasteiger partial charge in [-0.05, 0) is 18.2 Å². The van der Waals surface area contributed by atoms with Crippen LogP contribution in [0.3, 0.4) is 0 Å². The summed E-state index contributed by atoms with van der Waals surface area (Å²) >= 11 is 0. The molecule has 0 bridgehead atoms. The number of nitrogens with one attached hydrogen (secondary N) is 1. The highest BCUT2D eigenvalue weighted by Gasteiger charge is 2.50. The summed E-state index contributed by atoms with van der Waals surface area (Å²) in [5.74, 6) is -4.13. The Bertz CT molecular complexity index is 784. The van der Waals surface area contributed by atoms with Crippen LogP contribution in [-0.4, -0.2) is 51.2 Å². The van der Waals surface area contributed by atoms with E-state index in [9.17, 15) is 18.4 Å². The molecule has 1 fully saturated rings. The van der Waals surface area contributed by atoms with E-state index in [1.54, 1.807) is 6.07 Å². The fourth-order valence-electron chi connectivity index (χ4n) is 2.98. The predicted molar refractivity (Wildman–Crippen MR) is 89.5 cm³/mol. The molecule has 1 aromatic rings. The summed E-state index contributed by atoms with van der Waals surface area (Å²) in [4.78, 5) is 30.1. The lowest BCUT2D eigenvalue weighted by Crippen LogP contribution is -2.33. The molecular formula is C16H18F2N4O4. The van der Waals surface area contributed by atoms with Crippen LogP contribution < -0.4 is 15.1 Å². The van der Waals surface area contributed by atoms with Crippen LogP contribution in [0.15, 0.2) is 23.4 Å². The molecule has 1 aromatic carbocycles. The smallest absolute Gasteiger partial charge is 0.414 e. The van der Waals surface area contributed by atoms with Gasteiger partial charge in [0.15, 0.2) is 0 Å². The highest BCUT2D eigenvalue weighted by molar-refractivity contribution is 6.09. The number of hydrogen-bond acceptors (Lipinski definition) is 5. The van der Waals surface area contributed by atoms with Crippen molar-refractivity contribution < 1.29 is 27.9 Å². The van der Waals surface area contributed by atoms with Crippen molar-refractivity contribution in [3.05, 3.63) is 23.8 Å². The van der Waals surface area contributed by atoms with Gasteiger partial charge in [0.05, 0.1) is 24.3 Å². The summed E-state index contributed by atoms with van der Waals surface area (Å²) in [5.41, 5.74) is 0.286. The Kier molecular flexibility index (Phi) is 4.43. The molecule has 8 nitrogen and oxygen atoms in total. The Morgan fingerprint density at radius 2 is 2.23 bits per heavy atom. The molecule has 0 aromatic heterocycles. The number of rotatable bonds is 4. The number of carbonyl (C=O) groups is 2. The number of ether oxygens (including phenoxy) is 1. The summed E-state index contributed by atoms with van der Waals surface area (Å²) in [5, 5.41) is 5.98. The van der Waals surface area contributed by atoms with E-state index in [0.717, 1.165) is 0 Å². The maximum absolute atomic E-state index is 14.7. The lowest BCUT2D eigenvalue weighted by molar-refractivity contribution is -0.119. The third-order valence-corrected chi connectivity index (χ3v) is 4.22. The van der Waals surface area contributed by atoms with E-state index in [-0.39, 0.29) is 35.9 Å². The average molecular weight is 368 g/mol. The van der Waals surface area contributed by atoms with E-state index in [4.69, 9.17) is 4.74 Å². The number of halogens is 2. The molecule has 2 heterocycles. The van der Waals surface area contributed by atoms with Crippen molar-refractivity contribution in [2.45, 2.75) is 19.0 Å². The predicted octanol–water partition coefficient (Wildman–Crippen LogP) is 1.65. The number of carbonyl (C=O) groups excluding carboxylic acids is 2. The summed E-state index contributed by atoms with van der Waals surface area (Å²) in [6.45, 7) is 1.66. The zero-order chi connectivity index (χ0) is 19.1. The molecule has 2 amide bonds. The minimum atomic E-state index is -3.35. The molecule has 0 saturated carbocycles. The molecular weight excluding hydrogens is 350 g/mol. The first-order chi connectivity index (χ1) is 12.3. The fourth-order valence-corrected chi connectivity index (χ4v) is 2.98. The maximum atomic E-state index is 14.7. The first-order valence-electron chi connectivity index (χ1n) is 7.86. The molecule has 1 N–H and O–H groups in total. The molecule has 10 heteroatoms. The van der Waals surface area contributed by atoms with Gasteiger partial charge in [-0.3, -0.25) is 9.69 Å². The molecule has 3 rings (SSSR count). The van der Waals surface area contributed by atoms with Crippen LogP contribution >= 0.6 is 0 Å². The van der Waals surface area contributed by atoms with Gasteiger partial charge in [-0.25, -0.2) is 4.79 Å². The quantitative estimate of drug-likeness (QED) is 0.817. The topological polar surface area (TPSA) is 83.5 Å². The van der Waals surface area contributed by atoms with Crippen LogP contribution in [0.5, 0.6) is 0 Å². The van der Waals surface area contributed by atoms with Gasteiger partial charge in [-0.15, -0.1) is 0 Å². The number of benzene rings is 1. The van der Waals surface area contributed by atoms with Gasteiger partial charge in [0, 0.05) is 19.7 Å². The van der Waals surface area contributed by atoms with Crippen molar-refractivity contribution in [2.24, 2.45) is 5.16 Å². The van der Waals surface area contributed by atoms with Crippen molar-refractivity contribution in [2.75, 3.05) is 37.0 Å². The summed E-state index contributed by atoms with van der Waals surface area (Å²) < 4.78 is 34.5. The molecule has 2 aliphatic rings. The third-order valence-electron chi connectivity index (χ3n) is 4.22. The minimum Gasteiger partial charge on any atom is -0.442 e. The van der Waals surface area contributed by atoms with Crippen molar-refractivity contribution in [3.8, 4) is 0 Å². The van der Waals surface area contributed by atoms with E-state index < -0.39 is 24.0 Å². The minimum absolute atomic E-state index is 0.151. The molecule has 1 atom stereocenters. The van der Waals surface area contributed by atoms with Crippen LogP contribution in [-0.2, 0) is 20.3 Å². The number of oxime groups is 1. The number of amides is 2. The van der Waals surface area contributed by atoms with Gasteiger partial charge < -0.3 is 19.8 Å². The van der Waals surface area contributed by atoms with Crippen LogP contribution in [0.1, 0.15) is 12.5 Å². The molecule has 26 heavy (non-hydrogen) atoms. The van der Waals surface area contributed by atoms with Gasteiger partial charge in [0.25, 0.3) is 0 Å². The van der Waals surface area contributed by atoms with Crippen molar-refractivity contribution >= 4 is 29.2 Å². The lowest BCUT2D eigenvalue weighted by Gasteiger charge is -2.16. The summed E-state index contributed by atoms with van der Waals surface area (Å²) in [6.07, 6.45) is -1.20. The molecule has 140 valence electrons. The van der Waals surface area contributed by atoms with Gasteiger partial charge in [-0.1, -0.05) is 5.16 Å². The van der Waals surface area contributed by atoms with E-state index in [2.05, 4.69) is 15.3 Å². The first-order valence-corrected chi connectivity index (χ1v) is 7.86. The number of cyclic esters (lactones) is 1. The highest BCUT2D eigenvalue weighted by atomic mass is 19.3. The molecule has 1 saturated heterocycles. The van der Waals surface area contributed by atoms with Crippen molar-refractivity contribution in [1.82, 2.24) is 5.32 Å². The monoisotopic (exact) mass is 368 g/mol. The Labute approximate surface area is 148 Å². The van der Waals surface area contributed by atoms with Crippen LogP contribution in [0.2, 0.25) is 0 Å². The highest BCUT2D eigenvalue weighted by Crippen LogP contribution is 2.46. The maximum Gasteiger partial charge on any atom is 0.414 e. The second-order valence-electron chi connectivity index (χ2n) is 5.99. The SMILES string of the molecule is CO/N=C1/N(C)c2ccc(N3C[C@@H](CNC(C)=O)OC3=O)cc2C1(F)F. The van der Waals surface area contributed by atoms with Gasteiger partial charge >= 0.3 is 12.0 Å². The summed E-state index contributed by atoms with van der Waals surface area (Å²) in [6, 6.07) is 4.29. The Morgan fingerprint density at radius 1 is 1.50 bits per heavy atom. The largest absolute Gasteiger partial charge is 0.442 e.